The minimum Gasteiger partial charge on any atom is -0.360 e. The van der Waals surface area contributed by atoms with Gasteiger partial charge in [-0.2, -0.15) is 5.10 Å². The third-order valence-corrected chi connectivity index (χ3v) is 4.30. The van der Waals surface area contributed by atoms with Crippen LogP contribution in [0.1, 0.15) is 49.5 Å². The zero-order chi connectivity index (χ0) is 14.5. The molecule has 2 heterocycles. The maximum absolute atomic E-state index is 5.51. The number of hydrogen-bond donors (Lipinski definition) is 0. The van der Waals surface area contributed by atoms with Gasteiger partial charge in [-0.15, -0.1) is 0 Å². The number of hydrogen-bond acceptors (Lipinski definition) is 4. The van der Waals surface area contributed by atoms with Crippen LogP contribution in [0.4, 0.5) is 0 Å². The topological polar surface area (TPSA) is 47.1 Å². The number of rotatable bonds is 6. The first-order valence-electron chi connectivity index (χ1n) is 7.93. The van der Waals surface area contributed by atoms with Gasteiger partial charge in [0, 0.05) is 30.9 Å². The molecule has 0 saturated heterocycles. The lowest BCUT2D eigenvalue weighted by Gasteiger charge is -2.18. The summed E-state index contributed by atoms with van der Waals surface area (Å²) < 4.78 is 7.46. The van der Waals surface area contributed by atoms with Crippen molar-refractivity contribution in [2.45, 2.75) is 51.1 Å². The molecule has 1 saturated carbocycles. The molecule has 0 amide bonds. The fourth-order valence-electron chi connectivity index (χ4n) is 3.05. The van der Waals surface area contributed by atoms with Gasteiger partial charge in [-0.25, -0.2) is 0 Å². The van der Waals surface area contributed by atoms with E-state index in [2.05, 4.69) is 28.3 Å². The highest BCUT2D eigenvalue weighted by Crippen LogP contribution is 2.32. The van der Waals surface area contributed by atoms with Crippen LogP contribution in [-0.4, -0.2) is 33.4 Å². The first kappa shape index (κ1) is 14.3. The number of likely N-dealkylation sites (N-methyl/N-ethyl adjacent to an activating group) is 1. The van der Waals surface area contributed by atoms with Crippen molar-refractivity contribution in [2.24, 2.45) is 0 Å². The van der Waals surface area contributed by atoms with E-state index in [-0.39, 0.29) is 0 Å². The molecule has 0 aromatic carbocycles. The predicted molar refractivity (Wildman–Crippen MR) is 80.9 cm³/mol. The van der Waals surface area contributed by atoms with E-state index in [4.69, 9.17) is 4.52 Å². The molecule has 0 bridgehead atoms. The van der Waals surface area contributed by atoms with Crippen LogP contribution in [0.2, 0.25) is 0 Å². The maximum atomic E-state index is 5.51. The zero-order valence-corrected chi connectivity index (χ0v) is 12.7. The fourth-order valence-corrected chi connectivity index (χ4v) is 3.05. The van der Waals surface area contributed by atoms with E-state index < -0.39 is 0 Å². The molecule has 3 rings (SSSR count). The van der Waals surface area contributed by atoms with Crippen LogP contribution in [0, 0.1) is 0 Å². The van der Waals surface area contributed by atoms with E-state index in [1.807, 2.05) is 23.1 Å². The predicted octanol–water partition coefficient (Wildman–Crippen LogP) is 3.05. The molecule has 0 atom stereocenters. The van der Waals surface area contributed by atoms with Gasteiger partial charge < -0.3 is 4.52 Å². The van der Waals surface area contributed by atoms with Gasteiger partial charge in [-0.05, 0) is 26.0 Å². The van der Waals surface area contributed by atoms with E-state index in [1.54, 1.807) is 0 Å². The summed E-state index contributed by atoms with van der Waals surface area (Å²) in [5, 5.41) is 8.50. The summed E-state index contributed by atoms with van der Waals surface area (Å²) in [6.07, 6.45) is 10.4. The van der Waals surface area contributed by atoms with E-state index in [9.17, 15) is 0 Å². The zero-order valence-electron chi connectivity index (χ0n) is 12.7. The Morgan fingerprint density at radius 2 is 2.19 bits per heavy atom. The van der Waals surface area contributed by atoms with Crippen molar-refractivity contribution in [1.82, 2.24) is 19.8 Å². The lowest BCUT2D eigenvalue weighted by molar-refractivity contribution is 0.259. The molecule has 1 aliphatic rings. The summed E-state index contributed by atoms with van der Waals surface area (Å²) in [6, 6.07) is 4.10. The molecule has 5 heteroatoms. The van der Waals surface area contributed by atoms with E-state index in [0.717, 1.165) is 31.1 Å². The Bertz CT molecular complexity index is 528. The smallest absolute Gasteiger partial charge is 0.150 e. The van der Waals surface area contributed by atoms with Gasteiger partial charge in [0.15, 0.2) is 5.76 Å². The molecule has 114 valence electrons. The fraction of sp³-hybridized carbons (Fsp3) is 0.625. The molecule has 1 aliphatic carbocycles. The monoisotopic (exact) mass is 288 g/mol. The van der Waals surface area contributed by atoms with Crippen LogP contribution in [-0.2, 0) is 13.1 Å². The molecule has 2 aromatic rings. The lowest BCUT2D eigenvalue weighted by atomic mass is 9.87. The minimum absolute atomic E-state index is 0.616. The molecule has 2 aromatic heterocycles. The SMILES string of the molecule is CN(CCn1cccn1)Cc1cc(C2CCCCC2)no1. The highest BCUT2D eigenvalue weighted by molar-refractivity contribution is 5.11. The van der Waals surface area contributed by atoms with Crippen molar-refractivity contribution in [3.8, 4) is 0 Å². The standard InChI is InChI=1S/C16H24N4O/c1-19(10-11-20-9-5-8-17-20)13-15-12-16(18-21-15)14-6-3-2-4-7-14/h5,8-9,12,14H,2-4,6-7,10-11,13H2,1H3. The molecular formula is C16H24N4O. The van der Waals surface area contributed by atoms with Crippen LogP contribution in [0.5, 0.6) is 0 Å². The molecule has 21 heavy (non-hydrogen) atoms. The van der Waals surface area contributed by atoms with Gasteiger partial charge in [0.1, 0.15) is 0 Å². The Morgan fingerprint density at radius 1 is 1.33 bits per heavy atom. The molecular weight excluding hydrogens is 264 g/mol. The van der Waals surface area contributed by atoms with Crippen LogP contribution in [0.25, 0.3) is 0 Å². The average molecular weight is 288 g/mol. The Kier molecular flexibility index (Phi) is 4.70. The highest BCUT2D eigenvalue weighted by atomic mass is 16.5. The molecule has 0 radical (unpaired) electrons. The van der Waals surface area contributed by atoms with Crippen molar-refractivity contribution in [3.63, 3.8) is 0 Å². The second kappa shape index (κ2) is 6.89. The summed E-state index contributed by atoms with van der Waals surface area (Å²) >= 11 is 0. The van der Waals surface area contributed by atoms with Gasteiger partial charge >= 0.3 is 0 Å². The van der Waals surface area contributed by atoms with Crippen molar-refractivity contribution < 1.29 is 4.52 Å². The second-order valence-corrected chi connectivity index (χ2v) is 6.06. The molecule has 0 aliphatic heterocycles. The van der Waals surface area contributed by atoms with Gasteiger partial charge in [-0.3, -0.25) is 9.58 Å². The lowest BCUT2D eigenvalue weighted by Crippen LogP contribution is -2.22. The Hall–Kier alpha value is -1.62. The van der Waals surface area contributed by atoms with E-state index in [1.165, 1.54) is 32.1 Å². The largest absolute Gasteiger partial charge is 0.360 e. The quantitative estimate of drug-likeness (QED) is 0.819. The second-order valence-electron chi connectivity index (χ2n) is 6.06. The van der Waals surface area contributed by atoms with Crippen LogP contribution < -0.4 is 0 Å². The van der Waals surface area contributed by atoms with Gasteiger partial charge in [-0.1, -0.05) is 24.4 Å². The molecule has 1 fully saturated rings. The van der Waals surface area contributed by atoms with Crippen molar-refractivity contribution in [3.05, 3.63) is 36.0 Å². The maximum Gasteiger partial charge on any atom is 0.150 e. The van der Waals surface area contributed by atoms with Gasteiger partial charge in [0.2, 0.25) is 0 Å². The average Bonchev–Trinajstić information content (AvgIpc) is 3.17. The number of aromatic nitrogens is 3. The van der Waals surface area contributed by atoms with Crippen LogP contribution in [0.3, 0.4) is 0 Å². The van der Waals surface area contributed by atoms with E-state index in [0.29, 0.717) is 5.92 Å². The van der Waals surface area contributed by atoms with Gasteiger partial charge in [0.25, 0.3) is 0 Å². The Balaban J connectivity index is 1.49. The van der Waals surface area contributed by atoms with Crippen LogP contribution >= 0.6 is 0 Å². The Labute approximate surface area is 125 Å². The molecule has 0 N–H and O–H groups in total. The molecule has 5 nitrogen and oxygen atoms in total. The van der Waals surface area contributed by atoms with E-state index >= 15 is 0 Å². The first-order valence-corrected chi connectivity index (χ1v) is 7.93. The van der Waals surface area contributed by atoms with Gasteiger partial charge in [0.05, 0.1) is 18.8 Å². The molecule has 0 spiro atoms. The third kappa shape index (κ3) is 3.94. The van der Waals surface area contributed by atoms with Crippen LogP contribution in [0.15, 0.2) is 29.0 Å². The van der Waals surface area contributed by atoms with Crippen molar-refractivity contribution >= 4 is 0 Å². The summed E-state index contributed by atoms with van der Waals surface area (Å²) in [4.78, 5) is 2.24. The Morgan fingerprint density at radius 3 is 2.95 bits per heavy atom. The summed E-state index contributed by atoms with van der Waals surface area (Å²) in [7, 11) is 2.10. The first-order chi connectivity index (χ1) is 10.3. The third-order valence-electron chi connectivity index (χ3n) is 4.30. The minimum atomic E-state index is 0.616. The van der Waals surface area contributed by atoms with Crippen molar-refractivity contribution in [1.29, 1.82) is 0 Å². The van der Waals surface area contributed by atoms with Crippen molar-refractivity contribution in [2.75, 3.05) is 13.6 Å². The molecule has 0 unspecified atom stereocenters. The summed E-state index contributed by atoms with van der Waals surface area (Å²) in [5.41, 5.74) is 1.16. The number of nitrogens with zero attached hydrogens (tertiary/aromatic N) is 4. The summed E-state index contributed by atoms with van der Waals surface area (Å²) in [6.45, 7) is 2.65. The summed E-state index contributed by atoms with van der Waals surface area (Å²) in [5.74, 6) is 1.59. The normalized spacial score (nSPS) is 16.7. The highest BCUT2D eigenvalue weighted by Gasteiger charge is 2.19.